The van der Waals surface area contributed by atoms with E-state index in [1.165, 1.54) is 4.88 Å². The maximum atomic E-state index is 6.01. The van der Waals surface area contributed by atoms with E-state index >= 15 is 0 Å². The van der Waals surface area contributed by atoms with Crippen LogP contribution in [0, 0.1) is 0 Å². The Morgan fingerprint density at radius 1 is 1.33 bits per heavy atom. The van der Waals surface area contributed by atoms with Crippen molar-refractivity contribution in [3.8, 4) is 11.6 Å². The molecule has 0 saturated carbocycles. The van der Waals surface area contributed by atoms with E-state index < -0.39 is 0 Å². The van der Waals surface area contributed by atoms with E-state index in [4.69, 9.17) is 16.1 Å². The van der Waals surface area contributed by atoms with Crippen LogP contribution in [0.15, 0.2) is 46.0 Å². The number of pyridine rings is 1. The molecule has 0 aliphatic heterocycles. The van der Waals surface area contributed by atoms with Crippen LogP contribution in [0.25, 0.3) is 11.6 Å². The molecule has 1 N–H and O–H groups in total. The first-order valence-corrected chi connectivity index (χ1v) is 9.83. The van der Waals surface area contributed by atoms with E-state index in [1.54, 1.807) is 17.5 Å². The summed E-state index contributed by atoms with van der Waals surface area (Å²) in [6.45, 7) is 4.14. The Hall–Kier alpha value is -2.45. The van der Waals surface area contributed by atoms with Gasteiger partial charge in [-0.2, -0.15) is 4.98 Å². The molecule has 0 aromatic carbocycles. The summed E-state index contributed by atoms with van der Waals surface area (Å²) in [5.74, 6) is 1.87. The highest BCUT2D eigenvalue weighted by atomic mass is 35.5. The standard InChI is InChI=1S/C18H21ClN6OS/c1-3-20-18(25(2)12-13-7-8-15(19)27-13)22-11-9-16-23-17(26-24-16)14-6-4-5-10-21-14/h4-8,10H,3,9,11-12H2,1-2H3,(H,20,22). The number of rotatable bonds is 7. The lowest BCUT2D eigenvalue weighted by molar-refractivity contribution is 0.421. The molecule has 0 amide bonds. The smallest absolute Gasteiger partial charge is 0.276 e. The predicted molar refractivity (Wildman–Crippen MR) is 108 cm³/mol. The van der Waals surface area contributed by atoms with Gasteiger partial charge in [0.2, 0.25) is 0 Å². The summed E-state index contributed by atoms with van der Waals surface area (Å²) in [5, 5.41) is 7.31. The molecule has 0 aliphatic rings. The van der Waals surface area contributed by atoms with Gasteiger partial charge in [0.1, 0.15) is 5.69 Å². The van der Waals surface area contributed by atoms with Crippen LogP contribution < -0.4 is 5.32 Å². The van der Waals surface area contributed by atoms with Crippen LogP contribution in [0.4, 0.5) is 0 Å². The van der Waals surface area contributed by atoms with Crippen LogP contribution in [0.1, 0.15) is 17.6 Å². The highest BCUT2D eigenvalue weighted by Crippen LogP contribution is 2.22. The van der Waals surface area contributed by atoms with Crippen LogP contribution in [0.2, 0.25) is 4.34 Å². The fraction of sp³-hybridized carbons (Fsp3) is 0.333. The summed E-state index contributed by atoms with van der Waals surface area (Å²) >= 11 is 7.58. The average Bonchev–Trinajstić information content (AvgIpc) is 3.31. The second-order valence-electron chi connectivity index (χ2n) is 5.78. The van der Waals surface area contributed by atoms with E-state index in [9.17, 15) is 0 Å². The number of halogens is 1. The fourth-order valence-electron chi connectivity index (χ4n) is 2.43. The van der Waals surface area contributed by atoms with Crippen molar-refractivity contribution in [3.05, 3.63) is 51.6 Å². The van der Waals surface area contributed by atoms with Gasteiger partial charge in [0.25, 0.3) is 5.89 Å². The molecule has 27 heavy (non-hydrogen) atoms. The first-order chi connectivity index (χ1) is 13.2. The summed E-state index contributed by atoms with van der Waals surface area (Å²) < 4.78 is 6.07. The molecule has 3 aromatic heterocycles. The quantitative estimate of drug-likeness (QED) is 0.479. The normalized spacial score (nSPS) is 11.6. The van der Waals surface area contributed by atoms with Gasteiger partial charge in [-0.15, -0.1) is 11.3 Å². The van der Waals surface area contributed by atoms with Gasteiger partial charge in [-0.1, -0.05) is 22.8 Å². The largest absolute Gasteiger partial charge is 0.357 e. The lowest BCUT2D eigenvalue weighted by Crippen LogP contribution is -2.38. The second kappa shape index (κ2) is 9.48. The third-order valence-electron chi connectivity index (χ3n) is 3.67. The van der Waals surface area contributed by atoms with E-state index in [-0.39, 0.29) is 0 Å². The van der Waals surface area contributed by atoms with Crippen LogP contribution in [-0.2, 0) is 13.0 Å². The van der Waals surface area contributed by atoms with Gasteiger partial charge in [-0.05, 0) is 31.2 Å². The lowest BCUT2D eigenvalue weighted by atomic mass is 10.3. The number of nitrogens with zero attached hydrogens (tertiary/aromatic N) is 5. The van der Waals surface area contributed by atoms with Gasteiger partial charge in [-0.3, -0.25) is 9.98 Å². The van der Waals surface area contributed by atoms with Gasteiger partial charge in [0.05, 0.1) is 10.9 Å². The van der Waals surface area contributed by atoms with Crippen molar-refractivity contribution in [2.45, 2.75) is 19.9 Å². The molecule has 3 aromatic rings. The first kappa shape index (κ1) is 19.3. The van der Waals surface area contributed by atoms with E-state index in [1.807, 2.05) is 44.3 Å². The average molecular weight is 405 g/mol. The number of guanidine groups is 1. The van der Waals surface area contributed by atoms with E-state index in [0.29, 0.717) is 30.4 Å². The number of nitrogens with one attached hydrogen (secondary N) is 1. The molecule has 7 nitrogen and oxygen atoms in total. The maximum absolute atomic E-state index is 6.01. The highest BCUT2D eigenvalue weighted by Gasteiger charge is 2.11. The van der Waals surface area contributed by atoms with Crippen LogP contribution in [0.5, 0.6) is 0 Å². The minimum absolute atomic E-state index is 0.424. The summed E-state index contributed by atoms with van der Waals surface area (Å²) in [6.07, 6.45) is 2.28. The molecule has 0 radical (unpaired) electrons. The van der Waals surface area contributed by atoms with Crippen molar-refractivity contribution >= 4 is 28.9 Å². The molecule has 0 aliphatic carbocycles. The van der Waals surface area contributed by atoms with Gasteiger partial charge in [-0.25, -0.2) is 0 Å². The molecule has 3 heterocycles. The Bertz CT molecular complexity index is 879. The van der Waals surface area contributed by atoms with Crippen molar-refractivity contribution in [1.29, 1.82) is 0 Å². The monoisotopic (exact) mass is 404 g/mol. The predicted octanol–water partition coefficient (Wildman–Crippen LogP) is 3.49. The number of thiophene rings is 1. The fourth-order valence-corrected chi connectivity index (χ4v) is 3.57. The zero-order chi connectivity index (χ0) is 19.1. The Labute approximate surface area is 167 Å². The van der Waals surface area contributed by atoms with Crippen molar-refractivity contribution < 1.29 is 4.52 Å². The minimum atomic E-state index is 0.424. The van der Waals surface area contributed by atoms with Gasteiger partial charge >= 0.3 is 0 Å². The topological polar surface area (TPSA) is 79.4 Å². The molecule has 0 unspecified atom stereocenters. The summed E-state index contributed by atoms with van der Waals surface area (Å²) in [4.78, 5) is 16.5. The van der Waals surface area contributed by atoms with Crippen LogP contribution in [0.3, 0.4) is 0 Å². The third kappa shape index (κ3) is 5.51. The van der Waals surface area contributed by atoms with Crippen LogP contribution in [-0.4, -0.2) is 46.1 Å². The van der Waals surface area contributed by atoms with E-state index in [2.05, 4.69) is 30.3 Å². The van der Waals surface area contributed by atoms with Gasteiger partial charge < -0.3 is 14.7 Å². The molecule has 9 heteroatoms. The summed E-state index contributed by atoms with van der Waals surface area (Å²) in [5.41, 5.74) is 0.669. The van der Waals surface area contributed by atoms with Crippen molar-refractivity contribution in [2.75, 3.05) is 20.1 Å². The van der Waals surface area contributed by atoms with Gasteiger partial charge in [0, 0.05) is 37.6 Å². The van der Waals surface area contributed by atoms with E-state index in [0.717, 1.165) is 23.4 Å². The molecule has 0 spiro atoms. The number of hydrogen-bond donors (Lipinski definition) is 1. The molecule has 0 atom stereocenters. The SMILES string of the molecule is CCNC(=NCCc1noc(-c2ccccn2)n1)N(C)Cc1ccc(Cl)s1. The second-order valence-corrected chi connectivity index (χ2v) is 7.58. The molecular formula is C18H21ClN6OS. The Morgan fingerprint density at radius 2 is 2.22 bits per heavy atom. The molecule has 142 valence electrons. The maximum Gasteiger partial charge on any atom is 0.276 e. The Kier molecular flexibility index (Phi) is 6.78. The summed E-state index contributed by atoms with van der Waals surface area (Å²) in [6, 6.07) is 9.51. The zero-order valence-electron chi connectivity index (χ0n) is 15.2. The number of hydrogen-bond acceptors (Lipinski definition) is 6. The van der Waals surface area contributed by atoms with Gasteiger partial charge in [0.15, 0.2) is 11.8 Å². The molecule has 0 bridgehead atoms. The molecular weight excluding hydrogens is 384 g/mol. The number of aromatic nitrogens is 3. The zero-order valence-corrected chi connectivity index (χ0v) is 16.8. The minimum Gasteiger partial charge on any atom is -0.357 e. The van der Waals surface area contributed by atoms with Crippen molar-refractivity contribution in [3.63, 3.8) is 0 Å². The Morgan fingerprint density at radius 3 is 2.93 bits per heavy atom. The van der Waals surface area contributed by atoms with Crippen LogP contribution >= 0.6 is 22.9 Å². The molecule has 0 fully saturated rings. The molecule has 0 saturated heterocycles. The molecule has 3 rings (SSSR count). The van der Waals surface area contributed by atoms with Crippen molar-refractivity contribution in [1.82, 2.24) is 25.3 Å². The third-order valence-corrected chi connectivity index (χ3v) is 4.88. The lowest BCUT2D eigenvalue weighted by Gasteiger charge is -2.21. The van der Waals surface area contributed by atoms with Crippen molar-refractivity contribution in [2.24, 2.45) is 4.99 Å². The highest BCUT2D eigenvalue weighted by molar-refractivity contribution is 7.16. The number of aliphatic imine (C=N–C) groups is 1. The Balaban J connectivity index is 1.59. The first-order valence-electron chi connectivity index (χ1n) is 8.63. The summed E-state index contributed by atoms with van der Waals surface area (Å²) in [7, 11) is 2.00.